The van der Waals surface area contributed by atoms with Gasteiger partial charge in [-0.3, -0.25) is 0 Å². The molecular formula is C47H41Cl2F6Hf-3. The van der Waals surface area contributed by atoms with Crippen LogP contribution in [0.15, 0.2) is 109 Å². The van der Waals surface area contributed by atoms with Gasteiger partial charge >= 0.3 is 12.4 Å². The third-order valence-electron chi connectivity index (χ3n) is 10.5. The Morgan fingerprint density at radius 2 is 1.02 bits per heavy atom. The molecule has 0 N–H and O–H groups in total. The molecule has 7 rings (SSSR count). The van der Waals surface area contributed by atoms with Crippen molar-refractivity contribution in [1.29, 1.82) is 0 Å². The van der Waals surface area contributed by atoms with Gasteiger partial charge in [-0.2, -0.15) is 26.3 Å². The summed E-state index contributed by atoms with van der Waals surface area (Å²) >= 11 is 0. The zero-order valence-electron chi connectivity index (χ0n) is 31.9. The van der Waals surface area contributed by atoms with E-state index >= 15 is 0 Å². The fourth-order valence-corrected chi connectivity index (χ4v) is 7.66. The molecule has 0 aliphatic heterocycles. The smallest absolute Gasteiger partial charge is 0.416 e. The molecule has 0 saturated carbocycles. The van der Waals surface area contributed by atoms with Crippen LogP contribution in [0.2, 0.25) is 0 Å². The first kappa shape index (κ1) is 45.3. The maximum Gasteiger partial charge on any atom is 0.416 e. The van der Waals surface area contributed by atoms with Gasteiger partial charge in [-0.25, -0.2) is 0 Å². The molecule has 0 aromatic heterocycles. The first-order valence-corrected chi connectivity index (χ1v) is 17.9. The Labute approximate surface area is 357 Å². The van der Waals surface area contributed by atoms with Crippen molar-refractivity contribution in [2.24, 2.45) is 0 Å². The molecule has 2 aliphatic rings. The van der Waals surface area contributed by atoms with Crippen LogP contribution in [0.3, 0.4) is 0 Å². The van der Waals surface area contributed by atoms with Crippen molar-refractivity contribution in [2.45, 2.75) is 83.0 Å². The molecule has 0 saturated heterocycles. The number of allylic oxidation sites excluding steroid dienone is 2. The summed E-state index contributed by atoms with van der Waals surface area (Å²) in [6, 6.07) is 32.3. The SMILES string of the molecule is CC(C)(C)c1cc(C2=[C-]c3c(cccc3C3C(c4cc(C(F)(F)F)cc(C(F)(F)F)c4)=Cc4ccccc43)C2Cc2ccccc2)cc(C(C)(C)C)c1.[Cl-].[Cl-].[Hf]. The van der Waals surface area contributed by atoms with E-state index < -0.39 is 29.4 Å². The summed E-state index contributed by atoms with van der Waals surface area (Å²) < 4.78 is 84.7. The molecule has 0 fully saturated rings. The van der Waals surface area contributed by atoms with Crippen LogP contribution in [-0.4, -0.2) is 0 Å². The van der Waals surface area contributed by atoms with Gasteiger partial charge in [-0.1, -0.05) is 143 Å². The van der Waals surface area contributed by atoms with Crippen molar-refractivity contribution in [3.8, 4) is 0 Å². The maximum atomic E-state index is 14.1. The standard InChI is InChI=1S/C47H41F6.2ClH.Hf/c1-44(2,3)32-20-30(21-33(25-32)45(4,5)6)39-27-42-37(41(39)19-28-13-8-7-9-14-28)17-12-18-38(42)43-36-16-11-10-15-29(36)24-40(43)31-22-34(46(48,49)50)26-35(23-31)47(51,52)53;;;/h7-18,20-26,41,43H,19H2,1-6H3;2*1H;/q-1;;;/p-2. The van der Waals surface area contributed by atoms with Crippen molar-refractivity contribution in [3.63, 3.8) is 0 Å². The van der Waals surface area contributed by atoms with Gasteiger partial charge in [0.2, 0.25) is 0 Å². The van der Waals surface area contributed by atoms with E-state index in [2.05, 4.69) is 84.0 Å². The topological polar surface area (TPSA) is 0 Å². The zero-order chi connectivity index (χ0) is 38.1. The van der Waals surface area contributed by atoms with Crippen molar-refractivity contribution in [3.05, 3.63) is 182 Å². The minimum atomic E-state index is -4.96. The van der Waals surface area contributed by atoms with Crippen LogP contribution in [0.25, 0.3) is 17.2 Å². The summed E-state index contributed by atoms with van der Waals surface area (Å²) in [7, 11) is 0. The van der Waals surface area contributed by atoms with Crippen molar-refractivity contribution in [1.82, 2.24) is 0 Å². The van der Waals surface area contributed by atoms with Gasteiger partial charge in [-0.15, -0.1) is 40.5 Å². The Kier molecular flexibility index (Phi) is 13.3. The second kappa shape index (κ2) is 16.5. The molecule has 0 spiro atoms. The van der Waals surface area contributed by atoms with Crippen molar-refractivity contribution in [2.75, 3.05) is 0 Å². The third-order valence-corrected chi connectivity index (χ3v) is 10.5. The van der Waals surface area contributed by atoms with Gasteiger partial charge in [0.05, 0.1) is 11.1 Å². The fraction of sp³-hybridized carbons (Fsp3) is 0.277. The maximum absolute atomic E-state index is 14.1. The number of hydrogen-bond acceptors (Lipinski definition) is 0. The van der Waals surface area contributed by atoms with Crippen LogP contribution in [0.1, 0.15) is 120 Å². The summed E-state index contributed by atoms with van der Waals surface area (Å²) in [5.41, 5.74) is 7.20. The predicted molar refractivity (Wildman–Crippen MR) is 202 cm³/mol. The van der Waals surface area contributed by atoms with Crippen LogP contribution < -0.4 is 24.8 Å². The summed E-state index contributed by atoms with van der Waals surface area (Å²) in [4.78, 5) is 0. The van der Waals surface area contributed by atoms with E-state index in [9.17, 15) is 26.3 Å². The first-order chi connectivity index (χ1) is 24.8. The van der Waals surface area contributed by atoms with E-state index in [0.717, 1.165) is 56.6 Å². The number of fused-ring (bicyclic) bond motifs is 2. The normalized spacial score (nSPS) is 16.4. The molecular weight excluding hydrogens is 928 g/mol. The van der Waals surface area contributed by atoms with Crippen molar-refractivity contribution < 1.29 is 77.0 Å². The van der Waals surface area contributed by atoms with Crippen LogP contribution in [0.5, 0.6) is 0 Å². The average molecular weight is 969 g/mol. The summed E-state index contributed by atoms with van der Waals surface area (Å²) in [5, 5.41) is 0. The van der Waals surface area contributed by atoms with Crippen molar-refractivity contribution >= 4 is 17.2 Å². The second-order valence-electron chi connectivity index (χ2n) is 16.3. The van der Waals surface area contributed by atoms with Gasteiger partial charge in [-0.05, 0) is 69.2 Å². The average Bonchev–Trinajstić information content (AvgIpc) is 3.66. The Balaban J connectivity index is 0.00000232. The van der Waals surface area contributed by atoms with Gasteiger partial charge in [0.1, 0.15) is 0 Å². The van der Waals surface area contributed by atoms with Crippen LogP contribution in [0.4, 0.5) is 26.3 Å². The number of rotatable bonds is 5. The molecule has 9 heteroatoms. The van der Waals surface area contributed by atoms with Crippen LogP contribution >= 0.6 is 0 Å². The molecule has 0 amide bonds. The van der Waals surface area contributed by atoms with Gasteiger partial charge < -0.3 is 24.8 Å². The van der Waals surface area contributed by atoms with E-state index in [1.165, 1.54) is 11.1 Å². The predicted octanol–water partition coefficient (Wildman–Crippen LogP) is 7.59. The molecule has 2 atom stereocenters. The Morgan fingerprint density at radius 1 is 0.536 bits per heavy atom. The van der Waals surface area contributed by atoms with E-state index in [1.807, 2.05) is 54.6 Å². The van der Waals surface area contributed by atoms with E-state index in [0.29, 0.717) is 12.0 Å². The number of halogens is 8. The van der Waals surface area contributed by atoms with E-state index in [4.69, 9.17) is 0 Å². The monoisotopic (exact) mass is 969 g/mol. The number of alkyl halides is 6. The van der Waals surface area contributed by atoms with Crippen LogP contribution in [-0.2, 0) is 55.4 Å². The number of hydrogen-bond donors (Lipinski definition) is 0. The third kappa shape index (κ3) is 9.01. The van der Waals surface area contributed by atoms with Gasteiger partial charge in [0.15, 0.2) is 0 Å². The summed E-state index contributed by atoms with van der Waals surface area (Å²) in [6.07, 6.45) is -3.67. The van der Waals surface area contributed by atoms with Gasteiger partial charge in [0, 0.05) is 31.8 Å². The Morgan fingerprint density at radius 3 is 1.57 bits per heavy atom. The summed E-state index contributed by atoms with van der Waals surface area (Å²) in [5.74, 6) is -0.717. The van der Waals surface area contributed by atoms with E-state index in [-0.39, 0.29) is 79.0 Å². The minimum absolute atomic E-state index is 0. The number of benzene rings is 5. The quantitative estimate of drug-likeness (QED) is 0.0970. The molecule has 0 bridgehead atoms. The Hall–Kier alpha value is -3.39. The fourth-order valence-electron chi connectivity index (χ4n) is 7.66. The molecule has 292 valence electrons. The van der Waals surface area contributed by atoms with Gasteiger partial charge in [0.25, 0.3) is 0 Å². The molecule has 5 aromatic rings. The van der Waals surface area contributed by atoms with E-state index in [1.54, 1.807) is 6.08 Å². The molecule has 0 radical (unpaired) electrons. The Bertz CT molecular complexity index is 2210. The molecule has 2 unspecified atom stereocenters. The van der Waals surface area contributed by atoms with Crippen LogP contribution in [0, 0.1) is 6.08 Å². The minimum Gasteiger partial charge on any atom is -1.00 e. The first-order valence-electron chi connectivity index (χ1n) is 17.9. The zero-order valence-corrected chi connectivity index (χ0v) is 37.0. The summed E-state index contributed by atoms with van der Waals surface area (Å²) in [6.45, 7) is 13.2. The largest absolute Gasteiger partial charge is 1.00 e. The second-order valence-corrected chi connectivity index (χ2v) is 16.3. The molecule has 2 aliphatic carbocycles. The molecule has 0 heterocycles. The molecule has 0 nitrogen and oxygen atoms in total. The molecule has 56 heavy (non-hydrogen) atoms. The molecule has 5 aromatic carbocycles.